The average Bonchev–Trinajstić information content (AvgIpc) is 1.84. The van der Waals surface area contributed by atoms with E-state index >= 15 is 0 Å². The molecule has 7 heavy (non-hydrogen) atoms. The van der Waals surface area contributed by atoms with E-state index < -0.39 is 6.05 Å². The molecule has 0 aromatic rings. The summed E-state index contributed by atoms with van der Waals surface area (Å²) in [6, 6.07) is -2.78. The summed E-state index contributed by atoms with van der Waals surface area (Å²) in [5, 5.41) is 0. The van der Waals surface area contributed by atoms with E-state index in [0.29, 0.717) is 0 Å². The Bertz CT molecular complexity index is 67.3. The van der Waals surface area contributed by atoms with Gasteiger partial charge in [-0.3, -0.25) is 4.84 Å². The lowest BCUT2D eigenvalue weighted by Crippen LogP contribution is -2.27. The summed E-state index contributed by atoms with van der Waals surface area (Å²) >= 11 is 0. The summed E-state index contributed by atoms with van der Waals surface area (Å²) in [7, 11) is 0. The van der Waals surface area contributed by atoms with Crippen molar-refractivity contribution in [1.29, 1.82) is 0 Å². The second-order valence-corrected chi connectivity index (χ2v) is 1.40. The molecule has 4 heteroatoms. The Morgan fingerprint density at radius 2 is 2.29 bits per heavy atom. The third-order valence-electron chi connectivity index (χ3n) is 0.740. The van der Waals surface area contributed by atoms with E-state index in [1.165, 1.54) is 0 Å². The van der Waals surface area contributed by atoms with Gasteiger partial charge in [-0.15, -0.1) is 5.48 Å². The van der Waals surface area contributed by atoms with Gasteiger partial charge in [-0.2, -0.15) is 8.78 Å². The maximum atomic E-state index is 11.7. The van der Waals surface area contributed by atoms with Crippen LogP contribution in [0.3, 0.4) is 0 Å². The first-order valence-corrected chi connectivity index (χ1v) is 1.97. The maximum absolute atomic E-state index is 11.7. The molecule has 2 nitrogen and oxygen atoms in total. The number of rotatable bonds is 0. The highest BCUT2D eigenvalue weighted by atomic mass is 19.3. The Labute approximate surface area is 39.4 Å². The van der Waals surface area contributed by atoms with Crippen LogP contribution in [-0.4, -0.2) is 12.7 Å². The molecule has 0 bridgehead atoms. The summed E-state index contributed by atoms with van der Waals surface area (Å²) in [5.41, 5.74) is 1.56. The maximum Gasteiger partial charge on any atom is 0.325 e. The molecule has 0 aliphatic carbocycles. The topological polar surface area (TPSA) is 21.3 Å². The minimum Gasteiger partial charge on any atom is -0.296 e. The smallest absolute Gasteiger partial charge is 0.296 e. The Kier molecular flexibility index (Phi) is 0.972. The zero-order valence-electron chi connectivity index (χ0n) is 3.58. The Morgan fingerprint density at radius 1 is 1.57 bits per heavy atom. The minimum atomic E-state index is -2.78. The van der Waals surface area contributed by atoms with E-state index in [1.807, 2.05) is 0 Å². The fourth-order valence-electron chi connectivity index (χ4n) is 0.387. The quantitative estimate of drug-likeness (QED) is 0.457. The lowest BCUT2D eigenvalue weighted by atomic mass is 10.4. The van der Waals surface area contributed by atoms with Gasteiger partial charge in [0.1, 0.15) is 0 Å². The summed E-state index contributed by atoms with van der Waals surface area (Å²) in [4.78, 5) is 4.16. The van der Waals surface area contributed by atoms with Crippen molar-refractivity contribution < 1.29 is 13.6 Å². The number of hydrogen-bond donors (Lipinski definition) is 1. The van der Waals surface area contributed by atoms with E-state index in [0.717, 1.165) is 0 Å². The second-order valence-electron chi connectivity index (χ2n) is 1.40. The molecule has 1 fully saturated rings. The number of halogens is 2. The molecule has 0 unspecified atom stereocenters. The predicted molar refractivity (Wildman–Crippen MR) is 18.7 cm³/mol. The van der Waals surface area contributed by atoms with Crippen LogP contribution in [0.5, 0.6) is 0 Å². The van der Waals surface area contributed by atoms with Crippen molar-refractivity contribution in [2.24, 2.45) is 0 Å². The van der Waals surface area contributed by atoms with Crippen LogP contribution in [-0.2, 0) is 4.84 Å². The molecular formula is C3H5F2NO. The summed E-state index contributed by atoms with van der Waals surface area (Å²) < 4.78 is 23.4. The molecule has 0 atom stereocenters. The van der Waals surface area contributed by atoms with Crippen LogP contribution in [0.2, 0.25) is 0 Å². The van der Waals surface area contributed by atoms with Crippen molar-refractivity contribution in [3.8, 4) is 0 Å². The third-order valence-corrected chi connectivity index (χ3v) is 0.740. The van der Waals surface area contributed by atoms with Crippen LogP contribution < -0.4 is 5.48 Å². The van der Waals surface area contributed by atoms with Crippen LogP contribution in [0, 0.1) is 0 Å². The second kappa shape index (κ2) is 1.38. The van der Waals surface area contributed by atoms with Crippen molar-refractivity contribution in [1.82, 2.24) is 5.48 Å². The van der Waals surface area contributed by atoms with Gasteiger partial charge < -0.3 is 0 Å². The van der Waals surface area contributed by atoms with Gasteiger partial charge in [0.05, 0.1) is 13.0 Å². The van der Waals surface area contributed by atoms with Crippen LogP contribution in [0.15, 0.2) is 0 Å². The minimum absolute atomic E-state index is 0.104. The zero-order chi connectivity index (χ0) is 5.33. The van der Waals surface area contributed by atoms with Gasteiger partial charge in [-0.25, -0.2) is 0 Å². The Balaban J connectivity index is 2.40. The van der Waals surface area contributed by atoms with Crippen molar-refractivity contribution in [2.75, 3.05) is 6.61 Å². The summed E-state index contributed by atoms with van der Waals surface area (Å²) in [5.74, 6) is 0. The molecule has 1 heterocycles. The fourth-order valence-corrected chi connectivity index (χ4v) is 0.387. The van der Waals surface area contributed by atoms with Gasteiger partial charge in [0, 0.05) is 0 Å². The normalized spacial score (nSPS) is 28.3. The largest absolute Gasteiger partial charge is 0.325 e. The van der Waals surface area contributed by atoms with E-state index in [-0.39, 0.29) is 13.0 Å². The van der Waals surface area contributed by atoms with Gasteiger partial charge in [0.25, 0.3) is 0 Å². The molecule has 0 radical (unpaired) electrons. The summed E-state index contributed by atoms with van der Waals surface area (Å²) in [6.45, 7) is 0.104. The van der Waals surface area contributed by atoms with E-state index in [9.17, 15) is 8.78 Å². The van der Waals surface area contributed by atoms with Crippen LogP contribution in [0.4, 0.5) is 8.78 Å². The van der Waals surface area contributed by atoms with E-state index in [1.54, 1.807) is 5.48 Å². The van der Waals surface area contributed by atoms with Gasteiger partial charge >= 0.3 is 6.05 Å². The van der Waals surface area contributed by atoms with Gasteiger partial charge in [0.2, 0.25) is 0 Å². The lowest BCUT2D eigenvalue weighted by molar-refractivity contribution is -0.0852. The zero-order valence-corrected chi connectivity index (χ0v) is 3.58. The molecular weight excluding hydrogens is 104 g/mol. The number of hydroxylamine groups is 1. The molecule has 1 N–H and O–H groups in total. The van der Waals surface area contributed by atoms with Gasteiger partial charge in [-0.1, -0.05) is 0 Å². The molecule has 0 aromatic heterocycles. The summed E-state index contributed by atoms with van der Waals surface area (Å²) in [6.07, 6.45) is -0.215. The van der Waals surface area contributed by atoms with Gasteiger partial charge in [-0.05, 0) is 0 Å². The number of hydrogen-bond acceptors (Lipinski definition) is 2. The third kappa shape index (κ3) is 1.07. The molecule has 0 amide bonds. The van der Waals surface area contributed by atoms with E-state index in [2.05, 4.69) is 4.84 Å². The first kappa shape index (κ1) is 4.93. The monoisotopic (exact) mass is 109 g/mol. The fraction of sp³-hybridized carbons (Fsp3) is 1.00. The molecule has 1 aliphatic rings. The van der Waals surface area contributed by atoms with Crippen molar-refractivity contribution in [3.63, 3.8) is 0 Å². The van der Waals surface area contributed by atoms with Gasteiger partial charge in [0.15, 0.2) is 0 Å². The molecule has 0 saturated carbocycles. The van der Waals surface area contributed by atoms with E-state index in [4.69, 9.17) is 0 Å². The molecule has 1 aliphatic heterocycles. The number of nitrogens with one attached hydrogen (secondary N) is 1. The molecule has 1 rings (SSSR count). The SMILES string of the molecule is FC1(F)CCON1. The van der Waals surface area contributed by atoms with Crippen molar-refractivity contribution >= 4 is 0 Å². The first-order valence-electron chi connectivity index (χ1n) is 1.97. The molecule has 42 valence electrons. The first-order chi connectivity index (χ1) is 3.21. The Hall–Kier alpha value is -0.220. The average molecular weight is 109 g/mol. The van der Waals surface area contributed by atoms with Crippen LogP contribution in [0.25, 0.3) is 0 Å². The molecule has 0 spiro atoms. The number of alkyl halides is 2. The highest BCUT2D eigenvalue weighted by Crippen LogP contribution is 2.18. The highest BCUT2D eigenvalue weighted by Gasteiger charge is 2.33. The van der Waals surface area contributed by atoms with Crippen LogP contribution in [0.1, 0.15) is 6.42 Å². The van der Waals surface area contributed by atoms with Crippen molar-refractivity contribution in [3.05, 3.63) is 0 Å². The van der Waals surface area contributed by atoms with Crippen LogP contribution >= 0.6 is 0 Å². The standard InChI is InChI=1S/C3H5F2NO/c4-3(5)1-2-7-6-3/h6H,1-2H2. The molecule has 0 aromatic carbocycles. The predicted octanol–water partition coefficient (Wildman–Crippen LogP) is 0.504. The Morgan fingerprint density at radius 3 is 2.43 bits per heavy atom. The molecule has 1 saturated heterocycles. The lowest BCUT2D eigenvalue weighted by Gasteiger charge is -2.02. The highest BCUT2D eigenvalue weighted by molar-refractivity contribution is 4.60. The van der Waals surface area contributed by atoms with Crippen molar-refractivity contribution in [2.45, 2.75) is 12.5 Å².